The minimum Gasteiger partial charge on any atom is -0.382 e. The van der Waals surface area contributed by atoms with Crippen LogP contribution in [0.1, 0.15) is 35.4 Å². The predicted molar refractivity (Wildman–Crippen MR) is 96.9 cm³/mol. The van der Waals surface area contributed by atoms with Crippen molar-refractivity contribution in [2.45, 2.75) is 18.9 Å². The van der Waals surface area contributed by atoms with Crippen molar-refractivity contribution in [2.75, 3.05) is 5.73 Å². The first kappa shape index (κ1) is 14.2. The van der Waals surface area contributed by atoms with Crippen molar-refractivity contribution in [3.8, 4) is 11.3 Å². The standard InChI is InChI=1S/C20H18N4O/c21-17-12-22-18(14-7-2-1-3-8-14)19(24-17)20(25)23-16-11-10-13-6-4-5-9-15(13)16/h1-9,12,16H,10-11H2,(H2,21,24)(H,23,25)/t16-/m0/s1/i12D. The molecule has 0 aliphatic heterocycles. The Bertz CT molecular complexity index is 975. The molecule has 3 N–H and O–H groups in total. The molecule has 2 aromatic carbocycles. The van der Waals surface area contributed by atoms with Crippen LogP contribution >= 0.6 is 0 Å². The Hall–Kier alpha value is -3.21. The summed E-state index contributed by atoms with van der Waals surface area (Å²) in [6.07, 6.45) is 1.66. The summed E-state index contributed by atoms with van der Waals surface area (Å²) in [5, 5.41) is 3.05. The molecule has 1 amide bonds. The van der Waals surface area contributed by atoms with Crippen LogP contribution in [0.15, 0.2) is 60.8 Å². The van der Waals surface area contributed by atoms with Crippen LogP contribution in [0.3, 0.4) is 0 Å². The fourth-order valence-corrected chi connectivity index (χ4v) is 3.25. The van der Waals surface area contributed by atoms with Gasteiger partial charge in [-0.25, -0.2) is 9.97 Å². The van der Waals surface area contributed by atoms with Gasteiger partial charge in [-0.3, -0.25) is 4.79 Å². The summed E-state index contributed by atoms with van der Waals surface area (Å²) >= 11 is 0. The zero-order valence-electron chi connectivity index (χ0n) is 14.6. The lowest BCUT2D eigenvalue weighted by Gasteiger charge is -2.15. The molecular formula is C20H18N4O. The van der Waals surface area contributed by atoms with Gasteiger partial charge in [0.2, 0.25) is 0 Å². The summed E-state index contributed by atoms with van der Waals surface area (Å²) in [5.41, 5.74) is 9.39. The number of amides is 1. The van der Waals surface area contributed by atoms with E-state index < -0.39 is 0 Å². The maximum absolute atomic E-state index is 12.9. The molecule has 5 nitrogen and oxygen atoms in total. The van der Waals surface area contributed by atoms with Gasteiger partial charge in [0.15, 0.2) is 5.69 Å². The second-order valence-corrected chi connectivity index (χ2v) is 6.05. The number of rotatable bonds is 3. The molecule has 0 radical (unpaired) electrons. The van der Waals surface area contributed by atoms with Gasteiger partial charge in [-0.2, -0.15) is 0 Å². The fraction of sp³-hybridized carbons (Fsp3) is 0.150. The molecule has 0 spiro atoms. The molecule has 1 heterocycles. The summed E-state index contributed by atoms with van der Waals surface area (Å²) in [7, 11) is 0. The molecule has 3 aromatic rings. The van der Waals surface area contributed by atoms with Crippen molar-refractivity contribution in [1.82, 2.24) is 15.3 Å². The third kappa shape index (κ3) is 2.96. The first-order valence-electron chi connectivity index (χ1n) is 8.71. The lowest BCUT2D eigenvalue weighted by Crippen LogP contribution is -2.29. The monoisotopic (exact) mass is 331 g/mol. The van der Waals surface area contributed by atoms with Crippen LogP contribution in [0.4, 0.5) is 5.82 Å². The lowest BCUT2D eigenvalue weighted by atomic mass is 10.1. The number of hydrogen-bond donors (Lipinski definition) is 2. The normalized spacial score (nSPS) is 16.2. The van der Waals surface area contributed by atoms with Gasteiger partial charge in [0.25, 0.3) is 5.91 Å². The number of aryl methyl sites for hydroxylation is 1. The highest BCUT2D eigenvalue weighted by atomic mass is 16.2. The van der Waals surface area contributed by atoms with E-state index in [4.69, 9.17) is 7.10 Å². The Labute approximate surface area is 147 Å². The van der Waals surface area contributed by atoms with Crippen LogP contribution in [0.2, 0.25) is 0 Å². The molecular weight excluding hydrogens is 312 g/mol. The first-order valence-corrected chi connectivity index (χ1v) is 8.21. The Morgan fingerprint density at radius 2 is 1.92 bits per heavy atom. The van der Waals surface area contributed by atoms with E-state index >= 15 is 0 Å². The van der Waals surface area contributed by atoms with Gasteiger partial charge in [0.05, 0.1) is 13.6 Å². The molecule has 1 aliphatic carbocycles. The number of nitrogens with two attached hydrogens (primary N) is 1. The van der Waals surface area contributed by atoms with Crippen LogP contribution in [0, 0.1) is 0 Å². The molecule has 5 heteroatoms. The Morgan fingerprint density at radius 1 is 1.16 bits per heavy atom. The molecule has 0 unspecified atom stereocenters. The molecule has 0 bridgehead atoms. The first-order chi connectivity index (χ1) is 12.6. The molecule has 4 rings (SSSR count). The van der Waals surface area contributed by atoms with Gasteiger partial charge in [0, 0.05) is 5.56 Å². The van der Waals surface area contributed by atoms with Gasteiger partial charge < -0.3 is 11.1 Å². The Kier molecular flexibility index (Phi) is 3.60. The minimum absolute atomic E-state index is 0.0540. The molecule has 0 fully saturated rings. The second-order valence-electron chi connectivity index (χ2n) is 6.05. The van der Waals surface area contributed by atoms with Crippen LogP contribution < -0.4 is 11.1 Å². The van der Waals surface area contributed by atoms with E-state index in [0.717, 1.165) is 24.0 Å². The molecule has 1 aliphatic rings. The Balaban J connectivity index is 1.69. The van der Waals surface area contributed by atoms with Crippen molar-refractivity contribution < 1.29 is 6.17 Å². The van der Waals surface area contributed by atoms with Crippen LogP contribution in [-0.2, 0) is 6.42 Å². The van der Waals surface area contributed by atoms with Crippen LogP contribution in [0.5, 0.6) is 0 Å². The number of carbonyl (C=O) groups is 1. The van der Waals surface area contributed by atoms with Gasteiger partial charge in [0.1, 0.15) is 11.5 Å². The summed E-state index contributed by atoms with van der Waals surface area (Å²) in [6.45, 7) is 0. The smallest absolute Gasteiger partial charge is 0.272 e. The lowest BCUT2D eigenvalue weighted by molar-refractivity contribution is 0.0932. The molecule has 124 valence electrons. The summed E-state index contributed by atoms with van der Waals surface area (Å²) in [4.78, 5) is 21.3. The van der Waals surface area contributed by atoms with E-state index in [1.165, 1.54) is 5.56 Å². The topological polar surface area (TPSA) is 80.9 Å². The molecule has 25 heavy (non-hydrogen) atoms. The summed E-state index contributed by atoms with van der Waals surface area (Å²) in [6, 6.07) is 17.3. The average molecular weight is 331 g/mol. The van der Waals surface area contributed by atoms with E-state index in [9.17, 15) is 4.79 Å². The fourth-order valence-electron chi connectivity index (χ4n) is 3.25. The third-order valence-electron chi connectivity index (χ3n) is 4.44. The second kappa shape index (κ2) is 6.36. The number of fused-ring (bicyclic) bond motifs is 1. The van der Waals surface area contributed by atoms with Crippen molar-refractivity contribution in [2.24, 2.45) is 0 Å². The van der Waals surface area contributed by atoms with Crippen molar-refractivity contribution in [1.29, 1.82) is 0 Å². The number of nitrogens with zero attached hydrogens (tertiary/aromatic N) is 2. The minimum atomic E-state index is -0.329. The largest absolute Gasteiger partial charge is 0.382 e. The highest BCUT2D eigenvalue weighted by Crippen LogP contribution is 2.31. The van der Waals surface area contributed by atoms with Gasteiger partial charge in [-0.1, -0.05) is 54.6 Å². The number of anilines is 1. The number of hydrogen-bond acceptors (Lipinski definition) is 4. The van der Waals surface area contributed by atoms with Crippen LogP contribution in [-0.4, -0.2) is 15.9 Å². The van der Waals surface area contributed by atoms with Crippen molar-refractivity contribution >= 4 is 11.7 Å². The van der Waals surface area contributed by atoms with E-state index in [1.54, 1.807) is 0 Å². The molecule has 1 atom stereocenters. The molecule has 0 saturated heterocycles. The van der Waals surface area contributed by atoms with E-state index in [2.05, 4.69) is 21.4 Å². The average Bonchev–Trinajstić information content (AvgIpc) is 3.07. The van der Waals surface area contributed by atoms with Crippen LogP contribution in [0.25, 0.3) is 11.3 Å². The SMILES string of the molecule is [2H]c1nc(-c2ccccc2)c(C(=O)N[C@H]2CCc3ccccc32)nc1N. The van der Waals surface area contributed by atoms with Gasteiger partial charge in [-0.15, -0.1) is 0 Å². The number of aromatic nitrogens is 2. The zero-order chi connectivity index (χ0) is 18.1. The van der Waals surface area contributed by atoms with Crippen molar-refractivity contribution in [3.05, 3.63) is 77.6 Å². The summed E-state index contributed by atoms with van der Waals surface area (Å²) in [5.74, 6) is -0.383. The number of carbonyl (C=O) groups excluding carboxylic acids is 1. The van der Waals surface area contributed by atoms with E-state index in [0.29, 0.717) is 5.69 Å². The van der Waals surface area contributed by atoms with Gasteiger partial charge >= 0.3 is 0 Å². The Morgan fingerprint density at radius 3 is 2.76 bits per heavy atom. The quantitative estimate of drug-likeness (QED) is 0.772. The highest BCUT2D eigenvalue weighted by Gasteiger charge is 2.26. The maximum atomic E-state index is 12.9. The summed E-state index contributed by atoms with van der Waals surface area (Å²) < 4.78 is 7.84. The predicted octanol–water partition coefficient (Wildman–Crippen LogP) is 3.14. The third-order valence-corrected chi connectivity index (χ3v) is 4.44. The van der Waals surface area contributed by atoms with Gasteiger partial charge in [-0.05, 0) is 24.0 Å². The van der Waals surface area contributed by atoms with E-state index in [1.807, 2.05) is 48.5 Å². The van der Waals surface area contributed by atoms with Crippen molar-refractivity contribution in [3.63, 3.8) is 0 Å². The molecule has 1 aromatic heterocycles. The maximum Gasteiger partial charge on any atom is 0.272 e. The number of benzene rings is 2. The number of nitrogens with one attached hydrogen (secondary N) is 1. The highest BCUT2D eigenvalue weighted by molar-refractivity contribution is 5.98. The molecule has 0 saturated carbocycles. The van der Waals surface area contributed by atoms with E-state index in [-0.39, 0.29) is 29.6 Å². The number of nitrogen functional groups attached to an aromatic ring is 1. The zero-order valence-corrected chi connectivity index (χ0v) is 13.6.